The zero-order valence-electron chi connectivity index (χ0n) is 13.5. The molecular weight excluding hydrogens is 373 g/mol. The van der Waals surface area contributed by atoms with E-state index in [0.717, 1.165) is 11.3 Å². The van der Waals surface area contributed by atoms with Crippen LogP contribution >= 0.6 is 23.2 Å². The van der Waals surface area contributed by atoms with Crippen molar-refractivity contribution in [2.75, 3.05) is 5.88 Å². The summed E-state index contributed by atoms with van der Waals surface area (Å²) in [4.78, 5) is 21.7. The average Bonchev–Trinajstić information content (AvgIpc) is 3.09. The van der Waals surface area contributed by atoms with Gasteiger partial charge in [-0.25, -0.2) is 9.67 Å². The van der Waals surface area contributed by atoms with Gasteiger partial charge in [0.15, 0.2) is 5.65 Å². The van der Waals surface area contributed by atoms with Crippen LogP contribution in [0.3, 0.4) is 0 Å². The third-order valence-corrected chi connectivity index (χ3v) is 4.43. The van der Waals surface area contributed by atoms with Crippen LogP contribution in [0.15, 0.2) is 59.8 Å². The van der Waals surface area contributed by atoms with E-state index >= 15 is 0 Å². The molecular formula is C18H13Cl2N5O. The van der Waals surface area contributed by atoms with Gasteiger partial charge in [0.2, 0.25) is 0 Å². The van der Waals surface area contributed by atoms with Crippen LogP contribution in [0.4, 0.5) is 0 Å². The van der Waals surface area contributed by atoms with Gasteiger partial charge in [0.25, 0.3) is 5.56 Å². The summed E-state index contributed by atoms with van der Waals surface area (Å²) >= 11 is 11.9. The van der Waals surface area contributed by atoms with E-state index in [-0.39, 0.29) is 5.56 Å². The zero-order chi connectivity index (χ0) is 18.1. The summed E-state index contributed by atoms with van der Waals surface area (Å²) in [5, 5.41) is 5.40. The molecule has 0 aliphatic rings. The zero-order valence-corrected chi connectivity index (χ0v) is 15.0. The van der Waals surface area contributed by atoms with Crippen molar-refractivity contribution in [1.82, 2.24) is 24.3 Å². The number of pyridine rings is 1. The minimum Gasteiger partial charge on any atom is -0.291 e. The molecule has 1 aromatic carbocycles. The van der Waals surface area contributed by atoms with E-state index in [1.807, 2.05) is 12.1 Å². The fourth-order valence-corrected chi connectivity index (χ4v) is 3.08. The summed E-state index contributed by atoms with van der Waals surface area (Å²) in [6.45, 7) is 0.354. The van der Waals surface area contributed by atoms with Crippen molar-refractivity contribution in [3.63, 3.8) is 0 Å². The van der Waals surface area contributed by atoms with Crippen LogP contribution in [0.2, 0.25) is 5.02 Å². The van der Waals surface area contributed by atoms with Crippen molar-refractivity contribution < 1.29 is 0 Å². The van der Waals surface area contributed by atoms with Gasteiger partial charge in [0.1, 0.15) is 11.2 Å². The average molecular weight is 386 g/mol. The normalized spacial score (nSPS) is 11.2. The van der Waals surface area contributed by atoms with Gasteiger partial charge in [-0.2, -0.15) is 5.10 Å². The first-order valence-electron chi connectivity index (χ1n) is 7.90. The Kier molecular flexibility index (Phi) is 4.44. The van der Waals surface area contributed by atoms with Crippen molar-refractivity contribution in [2.45, 2.75) is 6.54 Å². The number of fused-ring (bicyclic) bond motifs is 1. The van der Waals surface area contributed by atoms with Gasteiger partial charge >= 0.3 is 0 Å². The number of hydrogen-bond donors (Lipinski definition) is 0. The predicted molar refractivity (Wildman–Crippen MR) is 102 cm³/mol. The molecule has 0 bridgehead atoms. The lowest BCUT2D eigenvalue weighted by atomic mass is 10.2. The van der Waals surface area contributed by atoms with E-state index in [2.05, 4.69) is 10.1 Å². The molecule has 0 radical (unpaired) electrons. The molecule has 26 heavy (non-hydrogen) atoms. The Morgan fingerprint density at radius 2 is 1.77 bits per heavy atom. The lowest BCUT2D eigenvalue weighted by molar-refractivity contribution is 0.731. The molecule has 3 aromatic heterocycles. The first-order chi connectivity index (χ1) is 12.7. The lowest BCUT2D eigenvalue weighted by Gasteiger charge is -2.12. The highest BCUT2D eigenvalue weighted by Crippen LogP contribution is 2.21. The van der Waals surface area contributed by atoms with E-state index in [9.17, 15) is 4.79 Å². The van der Waals surface area contributed by atoms with Gasteiger partial charge in [-0.15, -0.1) is 11.6 Å². The third kappa shape index (κ3) is 2.87. The quantitative estimate of drug-likeness (QED) is 0.504. The summed E-state index contributed by atoms with van der Waals surface area (Å²) < 4.78 is 3.20. The largest absolute Gasteiger partial charge is 0.291 e. The van der Waals surface area contributed by atoms with Crippen LogP contribution in [-0.4, -0.2) is 30.2 Å². The molecule has 0 unspecified atom stereocenters. The molecule has 8 heteroatoms. The molecule has 4 rings (SSSR count). The number of rotatable bonds is 4. The molecule has 0 aliphatic carbocycles. The number of hydrogen-bond acceptors (Lipinski definition) is 4. The standard InChI is InChI=1S/C18H13Cl2N5O/c19-7-10-24-16(12-5-8-21-9-6-12)23-17-15(18(24)26)11-22-25(17)14-3-1-13(20)2-4-14/h1-6,8-9,11H,7,10H2. The second-order valence-electron chi connectivity index (χ2n) is 5.59. The van der Waals surface area contributed by atoms with Crippen LogP contribution in [0.25, 0.3) is 28.1 Å². The first-order valence-corrected chi connectivity index (χ1v) is 8.81. The molecule has 130 valence electrons. The van der Waals surface area contributed by atoms with Crippen LogP contribution in [0, 0.1) is 0 Å². The van der Waals surface area contributed by atoms with Gasteiger partial charge in [-0.1, -0.05) is 11.6 Å². The molecule has 0 N–H and O–H groups in total. The lowest BCUT2D eigenvalue weighted by Crippen LogP contribution is -2.24. The van der Waals surface area contributed by atoms with Crippen molar-refractivity contribution in [3.05, 3.63) is 70.4 Å². The van der Waals surface area contributed by atoms with Crippen molar-refractivity contribution in [2.24, 2.45) is 0 Å². The van der Waals surface area contributed by atoms with Crippen molar-refractivity contribution >= 4 is 34.2 Å². The molecule has 0 saturated heterocycles. The maximum absolute atomic E-state index is 13.0. The van der Waals surface area contributed by atoms with E-state index in [4.69, 9.17) is 28.2 Å². The molecule has 0 spiro atoms. The van der Waals surface area contributed by atoms with Crippen LogP contribution in [-0.2, 0) is 6.54 Å². The first kappa shape index (κ1) is 16.8. The minimum absolute atomic E-state index is 0.178. The molecule has 0 amide bonds. The molecule has 4 aromatic rings. The van der Waals surface area contributed by atoms with Crippen LogP contribution in [0.1, 0.15) is 0 Å². The highest BCUT2D eigenvalue weighted by molar-refractivity contribution is 6.30. The van der Waals surface area contributed by atoms with Crippen LogP contribution in [0.5, 0.6) is 0 Å². The Balaban J connectivity index is 2.00. The third-order valence-electron chi connectivity index (χ3n) is 4.00. The number of halogens is 2. The smallest absolute Gasteiger partial charge is 0.264 e. The second-order valence-corrected chi connectivity index (χ2v) is 6.40. The van der Waals surface area contributed by atoms with E-state index in [0.29, 0.717) is 34.3 Å². The molecule has 0 fully saturated rings. The molecule has 0 saturated carbocycles. The SMILES string of the molecule is O=c1c2cnn(-c3ccc(Cl)cc3)c2nc(-c2ccncc2)n1CCCl. The van der Waals surface area contributed by atoms with Gasteiger partial charge in [-0.3, -0.25) is 14.3 Å². The Morgan fingerprint density at radius 3 is 2.46 bits per heavy atom. The van der Waals surface area contributed by atoms with Crippen LogP contribution < -0.4 is 5.56 Å². The van der Waals surface area contributed by atoms with E-state index < -0.39 is 0 Å². The highest BCUT2D eigenvalue weighted by Gasteiger charge is 2.17. The van der Waals surface area contributed by atoms with Gasteiger partial charge in [0, 0.05) is 35.4 Å². The van der Waals surface area contributed by atoms with E-state index in [1.54, 1.807) is 45.9 Å². The summed E-state index contributed by atoms with van der Waals surface area (Å²) in [5.41, 5.74) is 1.86. The molecule has 3 heterocycles. The Bertz CT molecular complexity index is 1120. The Hall–Kier alpha value is -2.70. The summed E-state index contributed by atoms with van der Waals surface area (Å²) in [6.07, 6.45) is 4.85. The number of benzene rings is 1. The summed E-state index contributed by atoms with van der Waals surface area (Å²) in [6, 6.07) is 10.8. The number of alkyl halides is 1. The fourth-order valence-electron chi connectivity index (χ4n) is 2.79. The maximum Gasteiger partial charge on any atom is 0.264 e. The predicted octanol–water partition coefficient (Wildman–Crippen LogP) is 3.54. The summed E-state index contributed by atoms with van der Waals surface area (Å²) in [5.74, 6) is 0.831. The molecule has 6 nitrogen and oxygen atoms in total. The van der Waals surface area contributed by atoms with Gasteiger partial charge in [0.05, 0.1) is 11.9 Å². The fraction of sp³-hybridized carbons (Fsp3) is 0.111. The van der Waals surface area contributed by atoms with Gasteiger partial charge in [-0.05, 0) is 36.4 Å². The van der Waals surface area contributed by atoms with Crippen molar-refractivity contribution in [3.8, 4) is 17.1 Å². The minimum atomic E-state index is -0.178. The van der Waals surface area contributed by atoms with Crippen molar-refractivity contribution in [1.29, 1.82) is 0 Å². The molecule has 0 atom stereocenters. The van der Waals surface area contributed by atoms with Gasteiger partial charge < -0.3 is 0 Å². The summed E-state index contributed by atoms with van der Waals surface area (Å²) in [7, 11) is 0. The Morgan fingerprint density at radius 1 is 1.04 bits per heavy atom. The monoisotopic (exact) mass is 385 g/mol. The second kappa shape index (κ2) is 6.90. The van der Waals surface area contributed by atoms with E-state index in [1.165, 1.54) is 6.20 Å². The Labute approximate surface area is 158 Å². The number of nitrogens with zero attached hydrogens (tertiary/aromatic N) is 5. The molecule has 0 aliphatic heterocycles. The highest BCUT2D eigenvalue weighted by atomic mass is 35.5. The maximum atomic E-state index is 13.0. The topological polar surface area (TPSA) is 65.6 Å². The number of aromatic nitrogens is 5.